The first kappa shape index (κ1) is 16.7. The van der Waals surface area contributed by atoms with Crippen molar-refractivity contribution < 1.29 is 14.0 Å². The van der Waals surface area contributed by atoms with E-state index in [1.165, 1.54) is 12.1 Å². The van der Waals surface area contributed by atoms with Crippen molar-refractivity contribution in [2.75, 3.05) is 37.6 Å². The molecule has 5 nitrogen and oxygen atoms in total. The first-order valence-corrected chi connectivity index (χ1v) is 8.62. The highest BCUT2D eigenvalue weighted by Gasteiger charge is 2.30. The predicted molar refractivity (Wildman–Crippen MR) is 90.2 cm³/mol. The van der Waals surface area contributed by atoms with Crippen LogP contribution in [-0.4, -0.2) is 60.4 Å². The molecule has 130 valence electrons. The normalized spacial score (nSPS) is 22.0. The number of amides is 2. The van der Waals surface area contributed by atoms with E-state index < -0.39 is 0 Å². The maximum absolute atomic E-state index is 13.1. The third-order valence-electron chi connectivity index (χ3n) is 4.97. The first-order valence-electron chi connectivity index (χ1n) is 8.62. The second kappa shape index (κ2) is 7.20. The van der Waals surface area contributed by atoms with Crippen LogP contribution in [0.1, 0.15) is 26.2 Å². The quantitative estimate of drug-likeness (QED) is 0.848. The Labute approximate surface area is 142 Å². The summed E-state index contributed by atoms with van der Waals surface area (Å²) in [5.41, 5.74) is 0.981. The number of hydrogen-bond donors (Lipinski definition) is 0. The van der Waals surface area contributed by atoms with Crippen LogP contribution in [0.25, 0.3) is 0 Å². The van der Waals surface area contributed by atoms with Crippen LogP contribution in [0.5, 0.6) is 0 Å². The molecule has 2 amide bonds. The minimum Gasteiger partial charge on any atom is -0.370 e. The Bertz CT molecular complexity index is 605. The van der Waals surface area contributed by atoms with Crippen molar-refractivity contribution in [1.82, 2.24) is 9.80 Å². The van der Waals surface area contributed by atoms with E-state index in [1.807, 2.05) is 11.8 Å². The van der Waals surface area contributed by atoms with Gasteiger partial charge in [0.1, 0.15) is 5.82 Å². The largest absolute Gasteiger partial charge is 0.370 e. The fraction of sp³-hybridized carbons (Fsp3) is 0.556. The summed E-state index contributed by atoms with van der Waals surface area (Å²) in [6.07, 6.45) is 2.25. The lowest BCUT2D eigenvalue weighted by Gasteiger charge is -2.27. The fourth-order valence-corrected chi connectivity index (χ4v) is 3.44. The third kappa shape index (κ3) is 3.68. The Hall–Kier alpha value is -2.11. The molecule has 6 heteroatoms. The molecule has 2 saturated heterocycles. The Morgan fingerprint density at radius 1 is 1.17 bits per heavy atom. The molecule has 0 N–H and O–H groups in total. The average Bonchev–Trinajstić information content (AvgIpc) is 2.79. The smallest absolute Gasteiger partial charge is 0.242 e. The average molecular weight is 333 g/mol. The van der Waals surface area contributed by atoms with Crippen LogP contribution in [0.2, 0.25) is 0 Å². The summed E-state index contributed by atoms with van der Waals surface area (Å²) in [6, 6.07) is 6.63. The maximum Gasteiger partial charge on any atom is 0.242 e. The number of likely N-dealkylation sites (tertiary alicyclic amines) is 1. The van der Waals surface area contributed by atoms with E-state index >= 15 is 0 Å². The summed E-state index contributed by atoms with van der Waals surface area (Å²) in [4.78, 5) is 30.1. The van der Waals surface area contributed by atoms with Crippen molar-refractivity contribution in [2.45, 2.75) is 32.2 Å². The topological polar surface area (TPSA) is 43.9 Å². The van der Waals surface area contributed by atoms with Crippen molar-refractivity contribution in [2.24, 2.45) is 0 Å². The van der Waals surface area contributed by atoms with Gasteiger partial charge in [-0.05, 0) is 44.0 Å². The molecule has 0 unspecified atom stereocenters. The molecular formula is C18H24FN3O2. The Balaban J connectivity index is 1.57. The molecule has 3 rings (SSSR count). The van der Waals surface area contributed by atoms with Gasteiger partial charge in [0.05, 0.1) is 6.54 Å². The lowest BCUT2D eigenvalue weighted by atomic mass is 10.2. The number of halogens is 1. The van der Waals surface area contributed by atoms with Crippen molar-refractivity contribution in [3.63, 3.8) is 0 Å². The monoisotopic (exact) mass is 333 g/mol. The lowest BCUT2D eigenvalue weighted by Crippen LogP contribution is -2.44. The maximum atomic E-state index is 13.1. The van der Waals surface area contributed by atoms with Gasteiger partial charge in [-0.3, -0.25) is 9.59 Å². The molecule has 1 atom stereocenters. The number of rotatable bonds is 3. The van der Waals surface area contributed by atoms with E-state index in [2.05, 4.69) is 4.90 Å². The van der Waals surface area contributed by atoms with Crippen LogP contribution in [0.4, 0.5) is 10.1 Å². The highest BCUT2D eigenvalue weighted by atomic mass is 19.1. The third-order valence-corrected chi connectivity index (χ3v) is 4.97. The van der Waals surface area contributed by atoms with Gasteiger partial charge in [-0.2, -0.15) is 0 Å². The Morgan fingerprint density at radius 2 is 1.92 bits per heavy atom. The minimum absolute atomic E-state index is 0.0260. The van der Waals surface area contributed by atoms with E-state index in [1.54, 1.807) is 17.0 Å². The van der Waals surface area contributed by atoms with Gasteiger partial charge >= 0.3 is 0 Å². The molecule has 0 saturated carbocycles. The van der Waals surface area contributed by atoms with Gasteiger partial charge in [-0.1, -0.05) is 0 Å². The van der Waals surface area contributed by atoms with Gasteiger partial charge in [0.2, 0.25) is 11.8 Å². The van der Waals surface area contributed by atoms with Gasteiger partial charge in [-0.15, -0.1) is 0 Å². The van der Waals surface area contributed by atoms with Crippen molar-refractivity contribution in [3.05, 3.63) is 30.1 Å². The van der Waals surface area contributed by atoms with Gasteiger partial charge in [0.15, 0.2) is 0 Å². The van der Waals surface area contributed by atoms with Crippen LogP contribution in [0, 0.1) is 5.82 Å². The summed E-state index contributed by atoms with van der Waals surface area (Å²) in [6.45, 7) is 5.09. The molecule has 1 aromatic rings. The number of anilines is 1. The summed E-state index contributed by atoms with van der Waals surface area (Å²) >= 11 is 0. The molecule has 0 aliphatic carbocycles. The van der Waals surface area contributed by atoms with Crippen molar-refractivity contribution in [1.29, 1.82) is 0 Å². The highest BCUT2D eigenvalue weighted by Crippen LogP contribution is 2.19. The van der Waals surface area contributed by atoms with Crippen LogP contribution >= 0.6 is 0 Å². The molecular weight excluding hydrogens is 309 g/mol. The number of benzene rings is 1. The summed E-state index contributed by atoms with van der Waals surface area (Å²) in [5, 5.41) is 0. The van der Waals surface area contributed by atoms with Gasteiger partial charge in [0.25, 0.3) is 0 Å². The second-order valence-corrected chi connectivity index (χ2v) is 6.61. The van der Waals surface area contributed by atoms with Crippen LogP contribution in [-0.2, 0) is 9.59 Å². The predicted octanol–water partition coefficient (Wildman–Crippen LogP) is 1.88. The molecule has 2 aliphatic rings. The van der Waals surface area contributed by atoms with Gasteiger partial charge in [0, 0.05) is 44.3 Å². The van der Waals surface area contributed by atoms with E-state index in [4.69, 9.17) is 0 Å². The summed E-state index contributed by atoms with van der Waals surface area (Å²) < 4.78 is 13.1. The molecule has 24 heavy (non-hydrogen) atoms. The van der Waals surface area contributed by atoms with Crippen molar-refractivity contribution in [3.8, 4) is 0 Å². The van der Waals surface area contributed by atoms with Crippen molar-refractivity contribution >= 4 is 17.5 Å². The van der Waals surface area contributed by atoms with Gasteiger partial charge in [-0.25, -0.2) is 4.39 Å². The Kier molecular flexibility index (Phi) is 5.02. The zero-order chi connectivity index (χ0) is 17.1. The van der Waals surface area contributed by atoms with E-state index in [9.17, 15) is 14.0 Å². The molecule has 2 fully saturated rings. The van der Waals surface area contributed by atoms with Crippen LogP contribution < -0.4 is 4.90 Å². The Morgan fingerprint density at radius 3 is 2.58 bits per heavy atom. The number of carbonyl (C=O) groups excluding carboxylic acids is 2. The highest BCUT2D eigenvalue weighted by molar-refractivity contribution is 5.86. The molecule has 1 aromatic carbocycles. The van der Waals surface area contributed by atoms with Gasteiger partial charge < -0.3 is 14.7 Å². The standard InChI is InChI=1S/C18H24FN3O2/c1-14-3-8-17(23)22(14)13-18(24)21-10-2-9-20(11-12-21)16-6-4-15(19)5-7-16/h4-7,14H,2-3,8-13H2,1H3/t14-/m0/s1. The van der Waals surface area contributed by atoms with E-state index in [-0.39, 0.29) is 30.2 Å². The van der Waals surface area contributed by atoms with Crippen LogP contribution in [0.15, 0.2) is 24.3 Å². The van der Waals surface area contributed by atoms with Crippen LogP contribution in [0.3, 0.4) is 0 Å². The van der Waals surface area contributed by atoms with E-state index in [0.29, 0.717) is 19.5 Å². The number of carbonyl (C=O) groups is 2. The van der Waals surface area contributed by atoms with E-state index in [0.717, 1.165) is 31.6 Å². The SMILES string of the molecule is C[C@H]1CCC(=O)N1CC(=O)N1CCCN(c2ccc(F)cc2)CC1. The molecule has 2 aliphatic heterocycles. The summed E-state index contributed by atoms with van der Waals surface area (Å²) in [7, 11) is 0. The number of nitrogens with zero attached hydrogens (tertiary/aromatic N) is 3. The molecule has 0 bridgehead atoms. The zero-order valence-electron chi connectivity index (χ0n) is 14.1. The summed E-state index contributed by atoms with van der Waals surface area (Å²) in [5.74, 6) is -0.133. The molecule has 0 spiro atoms. The fourth-order valence-electron chi connectivity index (χ4n) is 3.44. The number of hydrogen-bond acceptors (Lipinski definition) is 3. The first-order chi connectivity index (χ1) is 11.5. The molecule has 0 radical (unpaired) electrons. The molecule has 0 aromatic heterocycles. The minimum atomic E-state index is -0.241. The zero-order valence-corrected chi connectivity index (χ0v) is 14.1. The molecule has 2 heterocycles. The lowest BCUT2D eigenvalue weighted by molar-refractivity contribution is -0.139. The second-order valence-electron chi connectivity index (χ2n) is 6.61.